The first-order valence-electron chi connectivity index (χ1n) is 13.2. The maximum atomic E-state index is 13.7. The summed E-state index contributed by atoms with van der Waals surface area (Å²) in [5.74, 6) is 0.263. The van der Waals surface area contributed by atoms with E-state index in [1.54, 1.807) is 104 Å². The molecule has 2 heterocycles. The Morgan fingerprint density at radius 3 is 2.42 bits per heavy atom. The Morgan fingerprint density at radius 2 is 1.72 bits per heavy atom. The second-order valence-corrected chi connectivity index (χ2v) is 10.1. The van der Waals surface area contributed by atoms with Gasteiger partial charge in [0.15, 0.2) is 5.57 Å². The smallest absolute Gasteiger partial charge is 0.338 e. The van der Waals surface area contributed by atoms with Crippen LogP contribution in [0.3, 0.4) is 0 Å². The van der Waals surface area contributed by atoms with Gasteiger partial charge in [-0.25, -0.2) is 4.79 Å². The van der Waals surface area contributed by atoms with Crippen LogP contribution in [0.2, 0.25) is 0 Å². The number of ether oxygens (including phenoxy) is 2. The molecule has 0 atom stereocenters. The summed E-state index contributed by atoms with van der Waals surface area (Å²) in [6.07, 6.45) is 1.57. The third-order valence-corrected chi connectivity index (χ3v) is 7.42. The molecule has 0 aliphatic carbocycles. The highest BCUT2D eigenvalue weighted by Gasteiger charge is 2.19. The molecule has 43 heavy (non-hydrogen) atoms. The number of carbonyl (C=O) groups is 2. The molecular weight excluding hydrogens is 566 g/mol. The van der Waals surface area contributed by atoms with Crippen LogP contribution < -0.4 is 24.8 Å². The van der Waals surface area contributed by atoms with Gasteiger partial charge >= 0.3 is 5.97 Å². The standard InChI is InChI=1S/C33H25N3O6S/c1-3-41-33(39)22-15-13-21(14-16-22)27-18-17-24(42-27)19-29-31(38)36(23-9-5-4-6-10-23)32(43-29)25(20-34)30(37)35-26-11-7-8-12-28(26)40-2/h4-19H,3H2,1-2H3,(H,35,37). The van der Waals surface area contributed by atoms with E-state index in [9.17, 15) is 19.6 Å². The van der Waals surface area contributed by atoms with Crippen LogP contribution in [-0.4, -0.2) is 30.2 Å². The summed E-state index contributed by atoms with van der Waals surface area (Å²) >= 11 is 1.00. The van der Waals surface area contributed by atoms with Crippen LogP contribution in [0, 0.1) is 11.3 Å². The molecule has 0 radical (unpaired) electrons. The lowest BCUT2D eigenvalue weighted by atomic mass is 10.1. The van der Waals surface area contributed by atoms with Crippen molar-refractivity contribution in [3.63, 3.8) is 0 Å². The van der Waals surface area contributed by atoms with Crippen LogP contribution in [0.15, 0.2) is 100 Å². The largest absolute Gasteiger partial charge is 0.495 e. The summed E-state index contributed by atoms with van der Waals surface area (Å²) in [7, 11) is 1.48. The fourth-order valence-corrected chi connectivity index (χ4v) is 5.37. The molecule has 10 heteroatoms. The predicted octanol–water partition coefficient (Wildman–Crippen LogP) is 4.49. The van der Waals surface area contributed by atoms with Gasteiger partial charge < -0.3 is 19.2 Å². The first-order valence-corrected chi connectivity index (χ1v) is 14.0. The van der Waals surface area contributed by atoms with Gasteiger partial charge in [0, 0.05) is 11.6 Å². The Kier molecular flexibility index (Phi) is 8.65. The molecule has 9 nitrogen and oxygen atoms in total. The van der Waals surface area contributed by atoms with Crippen molar-refractivity contribution in [2.75, 3.05) is 19.0 Å². The molecule has 214 valence electrons. The normalized spacial score (nSPS) is 11.9. The number of anilines is 1. The number of benzene rings is 3. The molecule has 3 aromatic carbocycles. The first kappa shape index (κ1) is 28.9. The average molecular weight is 592 g/mol. The summed E-state index contributed by atoms with van der Waals surface area (Å²) in [4.78, 5) is 39.0. The Labute approximate surface area is 250 Å². The van der Waals surface area contributed by atoms with Crippen LogP contribution in [0.25, 0.3) is 28.7 Å². The molecule has 0 bridgehead atoms. The molecule has 0 fully saturated rings. The first-order chi connectivity index (χ1) is 20.9. The van der Waals surface area contributed by atoms with Crippen molar-refractivity contribution in [1.29, 1.82) is 5.26 Å². The lowest BCUT2D eigenvalue weighted by Gasteiger charge is -2.09. The van der Waals surface area contributed by atoms with E-state index in [2.05, 4.69) is 5.32 Å². The highest BCUT2D eigenvalue weighted by atomic mass is 32.1. The summed E-state index contributed by atoms with van der Waals surface area (Å²) in [5.41, 5.74) is 1.39. The SMILES string of the molecule is CCOC(=O)c1ccc(-c2ccc(C=c3sc(=C(C#N)C(=O)Nc4ccccc4OC)n(-c4ccccc4)c3=O)o2)cc1. The number of para-hydroxylation sites is 3. The molecule has 0 aliphatic rings. The number of hydrogen-bond acceptors (Lipinski definition) is 8. The van der Waals surface area contributed by atoms with Gasteiger partial charge in [0.05, 0.1) is 35.2 Å². The number of nitrogens with zero attached hydrogens (tertiary/aromatic N) is 2. The van der Waals surface area contributed by atoms with E-state index in [4.69, 9.17) is 13.9 Å². The van der Waals surface area contributed by atoms with Crippen molar-refractivity contribution in [1.82, 2.24) is 4.57 Å². The molecule has 5 rings (SSSR count). The monoisotopic (exact) mass is 591 g/mol. The van der Waals surface area contributed by atoms with Crippen molar-refractivity contribution < 1.29 is 23.5 Å². The minimum atomic E-state index is -0.684. The zero-order valence-electron chi connectivity index (χ0n) is 23.2. The lowest BCUT2D eigenvalue weighted by molar-refractivity contribution is -0.111. The van der Waals surface area contributed by atoms with Crippen LogP contribution >= 0.6 is 11.3 Å². The van der Waals surface area contributed by atoms with Crippen LogP contribution in [0.4, 0.5) is 5.69 Å². The Hall–Kier alpha value is -5.66. The number of carbonyl (C=O) groups excluding carboxylic acids is 2. The van der Waals surface area contributed by atoms with Crippen LogP contribution in [0.1, 0.15) is 23.0 Å². The number of furan rings is 1. The Balaban J connectivity index is 1.58. The van der Waals surface area contributed by atoms with Crippen molar-refractivity contribution in [2.45, 2.75) is 6.92 Å². The van der Waals surface area contributed by atoms with Crippen LogP contribution in [-0.2, 0) is 9.53 Å². The number of esters is 1. The van der Waals surface area contributed by atoms with Gasteiger partial charge in [-0.15, -0.1) is 11.3 Å². The number of hydrogen-bond donors (Lipinski definition) is 1. The highest BCUT2D eigenvalue weighted by molar-refractivity contribution is 7.07. The average Bonchev–Trinajstić information content (AvgIpc) is 3.63. The summed E-state index contributed by atoms with van der Waals surface area (Å²) < 4.78 is 18.1. The van der Waals surface area contributed by atoms with E-state index in [0.717, 1.165) is 16.9 Å². The summed E-state index contributed by atoms with van der Waals surface area (Å²) in [5, 5.41) is 12.8. The number of methoxy groups -OCH3 is 1. The van der Waals surface area contributed by atoms with Gasteiger partial charge in [0.2, 0.25) is 0 Å². The van der Waals surface area contributed by atoms with E-state index in [0.29, 0.717) is 34.2 Å². The lowest BCUT2D eigenvalue weighted by Crippen LogP contribution is -2.32. The molecule has 0 aliphatic heterocycles. The van der Waals surface area contributed by atoms with E-state index in [-0.39, 0.29) is 21.4 Å². The van der Waals surface area contributed by atoms with E-state index in [1.165, 1.54) is 11.7 Å². The number of aromatic nitrogens is 1. The van der Waals surface area contributed by atoms with Gasteiger partial charge in [-0.1, -0.05) is 42.5 Å². The number of amides is 1. The van der Waals surface area contributed by atoms with Gasteiger partial charge in [-0.05, 0) is 55.5 Å². The van der Waals surface area contributed by atoms with Gasteiger partial charge in [-0.2, -0.15) is 5.26 Å². The molecule has 0 spiro atoms. The predicted molar refractivity (Wildman–Crippen MR) is 163 cm³/mol. The molecule has 0 unspecified atom stereocenters. The number of nitrogens with one attached hydrogen (secondary N) is 1. The maximum absolute atomic E-state index is 13.7. The zero-order valence-corrected chi connectivity index (χ0v) is 24.0. The number of thiazole rings is 1. The topological polar surface area (TPSA) is 124 Å². The van der Waals surface area contributed by atoms with E-state index < -0.39 is 17.4 Å². The zero-order chi connectivity index (χ0) is 30.3. The third-order valence-electron chi connectivity index (χ3n) is 6.33. The van der Waals surface area contributed by atoms with E-state index in [1.807, 2.05) is 6.07 Å². The molecule has 1 amide bonds. The second-order valence-electron chi connectivity index (χ2n) is 9.03. The van der Waals surface area contributed by atoms with Crippen molar-refractivity contribution in [2.24, 2.45) is 0 Å². The number of rotatable bonds is 8. The second kappa shape index (κ2) is 12.9. The highest BCUT2D eigenvalue weighted by Crippen LogP contribution is 2.24. The van der Waals surface area contributed by atoms with Crippen molar-refractivity contribution in [3.05, 3.63) is 122 Å². The van der Waals surface area contributed by atoms with Crippen molar-refractivity contribution in [3.8, 4) is 28.8 Å². The Morgan fingerprint density at radius 1 is 1.00 bits per heavy atom. The van der Waals surface area contributed by atoms with Gasteiger partial charge in [-0.3, -0.25) is 14.2 Å². The molecule has 0 saturated carbocycles. The molecule has 1 N–H and O–H groups in total. The summed E-state index contributed by atoms with van der Waals surface area (Å²) in [6.45, 7) is 2.03. The molecule has 0 saturated heterocycles. The third kappa shape index (κ3) is 6.17. The maximum Gasteiger partial charge on any atom is 0.338 e. The van der Waals surface area contributed by atoms with Gasteiger partial charge in [0.1, 0.15) is 28.0 Å². The van der Waals surface area contributed by atoms with Crippen LogP contribution in [0.5, 0.6) is 5.75 Å². The molecule has 5 aromatic rings. The Bertz CT molecular complexity index is 2020. The summed E-state index contributed by atoms with van der Waals surface area (Å²) in [6, 6.07) is 27.8. The fraction of sp³-hybridized carbons (Fsp3) is 0.0909. The van der Waals surface area contributed by atoms with Gasteiger partial charge in [0.25, 0.3) is 11.5 Å². The quantitative estimate of drug-likeness (QED) is 0.264. The number of nitriles is 1. The molecule has 2 aromatic heterocycles. The molecular formula is C33H25N3O6S. The minimum absolute atomic E-state index is 0.165. The van der Waals surface area contributed by atoms with Crippen molar-refractivity contribution >= 4 is 40.5 Å². The fourth-order valence-electron chi connectivity index (χ4n) is 4.29. The minimum Gasteiger partial charge on any atom is -0.495 e. The van der Waals surface area contributed by atoms with E-state index >= 15 is 0 Å².